The van der Waals surface area contributed by atoms with Crippen LogP contribution in [-0.2, 0) is 14.3 Å². The summed E-state index contributed by atoms with van der Waals surface area (Å²) in [5.41, 5.74) is 2.71. The maximum atomic E-state index is 12.4. The zero-order valence-corrected chi connectivity index (χ0v) is 19.1. The van der Waals surface area contributed by atoms with Crippen molar-refractivity contribution in [2.75, 3.05) is 34.3 Å². The van der Waals surface area contributed by atoms with E-state index in [0.717, 1.165) is 51.4 Å². The SMILES string of the molecule is CCCCCCCOC(=O)[C@H](CNC(=O)N[N+](C)(C)C)NC(=O)CCCCCC. The van der Waals surface area contributed by atoms with E-state index < -0.39 is 18.0 Å². The molecule has 0 aromatic rings. The molecule has 0 saturated heterocycles. The number of hydrogen-bond donors (Lipinski definition) is 3. The van der Waals surface area contributed by atoms with Crippen molar-refractivity contribution in [1.29, 1.82) is 0 Å². The molecule has 0 aromatic carbocycles. The van der Waals surface area contributed by atoms with Crippen LogP contribution >= 0.6 is 0 Å². The molecule has 170 valence electrons. The van der Waals surface area contributed by atoms with Crippen LogP contribution in [0.4, 0.5) is 4.79 Å². The molecule has 3 N–H and O–H groups in total. The number of ether oxygens (including phenoxy) is 1. The van der Waals surface area contributed by atoms with E-state index in [1.165, 1.54) is 6.42 Å². The van der Waals surface area contributed by atoms with E-state index in [9.17, 15) is 14.4 Å². The highest BCUT2D eigenvalue weighted by atomic mass is 16.5. The lowest BCUT2D eigenvalue weighted by Gasteiger charge is -2.24. The van der Waals surface area contributed by atoms with Crippen molar-refractivity contribution in [1.82, 2.24) is 16.1 Å². The zero-order valence-electron chi connectivity index (χ0n) is 19.1. The van der Waals surface area contributed by atoms with Crippen molar-refractivity contribution in [3.63, 3.8) is 0 Å². The number of quaternary nitrogens is 1. The molecule has 0 rings (SSSR count). The summed E-state index contributed by atoms with van der Waals surface area (Å²) >= 11 is 0. The molecule has 0 bridgehead atoms. The van der Waals surface area contributed by atoms with Crippen molar-refractivity contribution in [2.45, 2.75) is 84.1 Å². The second-order valence-corrected chi connectivity index (χ2v) is 8.35. The number of rotatable bonds is 16. The first-order valence-electron chi connectivity index (χ1n) is 11.0. The van der Waals surface area contributed by atoms with E-state index in [0.29, 0.717) is 13.0 Å². The van der Waals surface area contributed by atoms with E-state index >= 15 is 0 Å². The maximum absolute atomic E-state index is 12.4. The number of carbonyl (C=O) groups excluding carboxylic acids is 3. The van der Waals surface area contributed by atoms with Crippen molar-refractivity contribution in [2.24, 2.45) is 0 Å². The normalized spacial score (nSPS) is 12.2. The lowest BCUT2D eigenvalue weighted by Crippen LogP contribution is -2.57. The van der Waals surface area contributed by atoms with Gasteiger partial charge in [-0.25, -0.2) is 14.2 Å². The summed E-state index contributed by atoms with van der Waals surface area (Å²) in [5.74, 6) is -0.701. The molecule has 0 aliphatic carbocycles. The molecule has 3 amide bonds. The van der Waals surface area contributed by atoms with Crippen LogP contribution in [0.25, 0.3) is 0 Å². The van der Waals surface area contributed by atoms with E-state index in [4.69, 9.17) is 4.74 Å². The first kappa shape index (κ1) is 27.2. The summed E-state index contributed by atoms with van der Waals surface area (Å²) in [5, 5.41) is 5.35. The number of unbranched alkanes of at least 4 members (excludes halogenated alkanes) is 7. The van der Waals surface area contributed by atoms with E-state index in [1.54, 1.807) is 0 Å². The highest BCUT2D eigenvalue weighted by Gasteiger charge is 2.24. The first-order valence-corrected chi connectivity index (χ1v) is 11.0. The van der Waals surface area contributed by atoms with E-state index in [1.807, 2.05) is 21.1 Å². The quantitative estimate of drug-likeness (QED) is 0.156. The van der Waals surface area contributed by atoms with Crippen LogP contribution in [-0.4, -0.2) is 62.8 Å². The smallest absolute Gasteiger partial charge is 0.359 e. The molecule has 0 saturated carbocycles. The highest BCUT2D eigenvalue weighted by molar-refractivity contribution is 5.85. The van der Waals surface area contributed by atoms with Crippen LogP contribution in [0.15, 0.2) is 0 Å². The largest absolute Gasteiger partial charge is 0.464 e. The fourth-order valence-corrected chi connectivity index (χ4v) is 2.69. The standard InChI is InChI=1S/C21H42N4O4/c1-6-8-10-12-14-16-29-20(27)18(17-22-21(28)24-25(3,4)5)23-19(26)15-13-11-9-7-2/h18H,6-17H2,1-5H3,(H2-,22,23,24,26,28)/p+1/t18-/m0/s1. The van der Waals surface area contributed by atoms with Gasteiger partial charge in [0.05, 0.1) is 34.3 Å². The molecule has 0 radical (unpaired) electrons. The van der Waals surface area contributed by atoms with Gasteiger partial charge in [0.2, 0.25) is 5.91 Å². The van der Waals surface area contributed by atoms with Gasteiger partial charge < -0.3 is 15.4 Å². The summed E-state index contributed by atoms with van der Waals surface area (Å²) in [6, 6.07) is -1.30. The van der Waals surface area contributed by atoms with Crippen LogP contribution in [0.1, 0.15) is 78.1 Å². The Morgan fingerprint density at radius 2 is 1.45 bits per heavy atom. The first-order chi connectivity index (χ1) is 13.7. The Morgan fingerprint density at radius 1 is 0.862 bits per heavy atom. The lowest BCUT2D eigenvalue weighted by molar-refractivity contribution is -0.905. The molecule has 0 spiro atoms. The average molecular weight is 416 g/mol. The molecule has 0 aliphatic heterocycles. The Hall–Kier alpha value is -1.83. The third-order valence-electron chi connectivity index (χ3n) is 4.27. The molecule has 29 heavy (non-hydrogen) atoms. The summed E-state index contributed by atoms with van der Waals surface area (Å²) in [7, 11) is 5.42. The second kappa shape index (κ2) is 16.0. The van der Waals surface area contributed by atoms with Gasteiger partial charge in [-0.1, -0.05) is 58.8 Å². The van der Waals surface area contributed by atoms with Gasteiger partial charge in [-0.15, -0.1) is 0 Å². The predicted octanol–water partition coefficient (Wildman–Crippen LogP) is 2.88. The minimum Gasteiger partial charge on any atom is -0.464 e. The van der Waals surface area contributed by atoms with Crippen molar-refractivity contribution >= 4 is 17.9 Å². The Bertz CT molecular complexity index is 478. The van der Waals surface area contributed by atoms with Gasteiger partial charge in [-0.3, -0.25) is 4.79 Å². The number of urea groups is 1. The lowest BCUT2D eigenvalue weighted by atomic mass is 10.1. The van der Waals surface area contributed by atoms with Crippen LogP contribution in [0.3, 0.4) is 0 Å². The summed E-state index contributed by atoms with van der Waals surface area (Å²) < 4.78 is 5.57. The fourth-order valence-electron chi connectivity index (χ4n) is 2.69. The average Bonchev–Trinajstić information content (AvgIpc) is 2.63. The molecule has 0 aromatic heterocycles. The molecular formula is C21H43N4O4+. The number of carbonyl (C=O) groups is 3. The monoisotopic (exact) mass is 415 g/mol. The Balaban J connectivity index is 4.54. The van der Waals surface area contributed by atoms with Gasteiger partial charge in [0.25, 0.3) is 0 Å². The van der Waals surface area contributed by atoms with Crippen LogP contribution in [0, 0.1) is 0 Å². The van der Waals surface area contributed by atoms with Crippen molar-refractivity contribution < 1.29 is 23.7 Å². The third kappa shape index (κ3) is 16.8. The third-order valence-corrected chi connectivity index (χ3v) is 4.27. The van der Waals surface area contributed by atoms with Crippen LogP contribution in [0.5, 0.6) is 0 Å². The van der Waals surface area contributed by atoms with Crippen LogP contribution in [0.2, 0.25) is 0 Å². The number of esters is 1. The fraction of sp³-hybridized carbons (Fsp3) is 0.857. The molecule has 8 heteroatoms. The van der Waals surface area contributed by atoms with Gasteiger partial charge in [0, 0.05) is 6.42 Å². The Labute approximate surface area is 176 Å². The maximum Gasteiger partial charge on any atom is 0.359 e. The minimum atomic E-state index is -0.887. The number of amides is 3. The molecule has 1 atom stereocenters. The van der Waals surface area contributed by atoms with Crippen LogP contribution < -0.4 is 16.1 Å². The number of nitrogens with zero attached hydrogens (tertiary/aromatic N) is 1. The molecule has 0 heterocycles. The highest BCUT2D eigenvalue weighted by Crippen LogP contribution is 2.04. The topological polar surface area (TPSA) is 96.5 Å². The van der Waals surface area contributed by atoms with Gasteiger partial charge in [0.1, 0.15) is 6.04 Å². The summed E-state index contributed by atoms with van der Waals surface area (Å²) in [6.45, 7) is 4.58. The molecule has 0 aliphatic rings. The number of nitrogens with one attached hydrogen (secondary N) is 3. The number of hydrogen-bond acceptors (Lipinski definition) is 4. The van der Waals surface area contributed by atoms with E-state index in [-0.39, 0.29) is 17.0 Å². The molecule has 0 fully saturated rings. The van der Waals surface area contributed by atoms with Gasteiger partial charge in [-0.2, -0.15) is 5.43 Å². The predicted molar refractivity (Wildman–Crippen MR) is 115 cm³/mol. The summed E-state index contributed by atoms with van der Waals surface area (Å²) in [6.07, 6.45) is 9.60. The summed E-state index contributed by atoms with van der Waals surface area (Å²) in [4.78, 5) is 36.6. The molecule has 0 unspecified atom stereocenters. The van der Waals surface area contributed by atoms with Gasteiger partial charge in [-0.05, 0) is 12.8 Å². The Morgan fingerprint density at radius 3 is 2.03 bits per heavy atom. The van der Waals surface area contributed by atoms with Gasteiger partial charge in [0.15, 0.2) is 0 Å². The van der Waals surface area contributed by atoms with Crippen molar-refractivity contribution in [3.05, 3.63) is 0 Å². The van der Waals surface area contributed by atoms with Crippen molar-refractivity contribution in [3.8, 4) is 0 Å². The molecule has 8 nitrogen and oxygen atoms in total. The van der Waals surface area contributed by atoms with E-state index in [2.05, 4.69) is 29.9 Å². The van der Waals surface area contributed by atoms with Gasteiger partial charge >= 0.3 is 12.0 Å². The second-order valence-electron chi connectivity index (χ2n) is 8.35. The Kier molecular flexibility index (Phi) is 15.0. The zero-order chi connectivity index (χ0) is 22.1. The molecular weight excluding hydrogens is 372 g/mol. The minimum absolute atomic E-state index is 0.0127.